The van der Waals surface area contributed by atoms with Crippen molar-refractivity contribution in [3.05, 3.63) is 35.4 Å². The Morgan fingerprint density at radius 2 is 1.94 bits per heavy atom. The van der Waals surface area contributed by atoms with Crippen LogP contribution in [-0.2, 0) is 6.42 Å². The van der Waals surface area contributed by atoms with Gasteiger partial charge in [0.2, 0.25) is 0 Å². The minimum Gasteiger partial charge on any atom is -0.392 e. The fraction of sp³-hybridized carbons (Fsp3) is 0.625. The van der Waals surface area contributed by atoms with Crippen molar-refractivity contribution in [1.82, 2.24) is 0 Å². The third-order valence-corrected chi connectivity index (χ3v) is 4.02. The van der Waals surface area contributed by atoms with E-state index in [1.54, 1.807) is 0 Å². The standard InChI is InChI=1S/C16H24O/c1-11(2)10-12(3)16(17)15-9-8-13-6-4-5-7-14(13)15/h4-7,11-12,15-17H,8-10H2,1-3H3. The molecular weight excluding hydrogens is 208 g/mol. The molecule has 0 spiro atoms. The topological polar surface area (TPSA) is 20.2 Å². The van der Waals surface area contributed by atoms with Crippen molar-refractivity contribution in [3.63, 3.8) is 0 Å². The molecule has 2 rings (SSSR count). The van der Waals surface area contributed by atoms with Gasteiger partial charge in [0.05, 0.1) is 6.10 Å². The molecule has 1 aromatic carbocycles. The van der Waals surface area contributed by atoms with Gasteiger partial charge in [-0.3, -0.25) is 0 Å². The average Bonchev–Trinajstić information content (AvgIpc) is 2.70. The molecule has 0 heterocycles. The molecule has 0 aliphatic heterocycles. The molecule has 1 aromatic rings. The predicted molar refractivity (Wildman–Crippen MR) is 72.1 cm³/mol. The maximum atomic E-state index is 10.5. The lowest BCUT2D eigenvalue weighted by molar-refractivity contribution is 0.0780. The summed E-state index contributed by atoms with van der Waals surface area (Å²) in [5.74, 6) is 1.42. The van der Waals surface area contributed by atoms with Crippen LogP contribution in [-0.4, -0.2) is 11.2 Å². The van der Waals surface area contributed by atoms with Gasteiger partial charge in [-0.05, 0) is 42.2 Å². The van der Waals surface area contributed by atoms with Crippen molar-refractivity contribution >= 4 is 0 Å². The predicted octanol–water partition coefficient (Wildman–Crippen LogP) is 3.76. The van der Waals surface area contributed by atoms with E-state index < -0.39 is 0 Å². The highest BCUT2D eigenvalue weighted by Gasteiger charge is 2.31. The zero-order chi connectivity index (χ0) is 12.4. The van der Waals surface area contributed by atoms with E-state index in [9.17, 15) is 5.11 Å². The Hall–Kier alpha value is -0.820. The largest absolute Gasteiger partial charge is 0.392 e. The summed E-state index contributed by atoms with van der Waals surface area (Å²) in [7, 11) is 0. The van der Waals surface area contributed by atoms with Crippen molar-refractivity contribution < 1.29 is 5.11 Å². The fourth-order valence-corrected chi connectivity index (χ4v) is 3.22. The van der Waals surface area contributed by atoms with Gasteiger partial charge in [-0.15, -0.1) is 0 Å². The molecule has 3 atom stereocenters. The molecule has 0 fully saturated rings. The second kappa shape index (κ2) is 5.22. The summed E-state index contributed by atoms with van der Waals surface area (Å²) >= 11 is 0. The van der Waals surface area contributed by atoms with E-state index in [4.69, 9.17) is 0 Å². The molecule has 0 bridgehead atoms. The highest BCUT2D eigenvalue weighted by atomic mass is 16.3. The molecule has 0 saturated carbocycles. The van der Waals surface area contributed by atoms with Crippen LogP contribution in [0.3, 0.4) is 0 Å². The van der Waals surface area contributed by atoms with Crippen LogP contribution in [0.15, 0.2) is 24.3 Å². The lowest BCUT2D eigenvalue weighted by atomic mass is 9.84. The summed E-state index contributed by atoms with van der Waals surface area (Å²) in [5.41, 5.74) is 2.82. The Balaban J connectivity index is 2.09. The van der Waals surface area contributed by atoms with Gasteiger partial charge < -0.3 is 5.11 Å². The molecule has 1 nitrogen and oxygen atoms in total. The van der Waals surface area contributed by atoms with Gasteiger partial charge in [0, 0.05) is 5.92 Å². The Morgan fingerprint density at radius 1 is 1.24 bits per heavy atom. The van der Waals surface area contributed by atoms with E-state index in [1.807, 2.05) is 0 Å². The van der Waals surface area contributed by atoms with Crippen LogP contribution >= 0.6 is 0 Å². The Kier molecular flexibility index (Phi) is 3.88. The van der Waals surface area contributed by atoms with Crippen molar-refractivity contribution in [3.8, 4) is 0 Å². The van der Waals surface area contributed by atoms with Gasteiger partial charge in [-0.2, -0.15) is 0 Å². The van der Waals surface area contributed by atoms with Crippen LogP contribution in [0.5, 0.6) is 0 Å². The second-order valence-corrected chi connectivity index (χ2v) is 5.94. The molecule has 1 aliphatic carbocycles. The van der Waals surface area contributed by atoms with Gasteiger partial charge in [-0.25, -0.2) is 0 Å². The quantitative estimate of drug-likeness (QED) is 0.838. The average molecular weight is 232 g/mol. The first-order valence-corrected chi connectivity index (χ1v) is 6.85. The third-order valence-electron chi connectivity index (χ3n) is 4.02. The number of aliphatic hydroxyl groups excluding tert-OH is 1. The smallest absolute Gasteiger partial charge is 0.0634 e. The third kappa shape index (κ3) is 2.71. The molecule has 94 valence electrons. The Morgan fingerprint density at radius 3 is 2.65 bits per heavy atom. The van der Waals surface area contributed by atoms with Gasteiger partial charge in [-0.1, -0.05) is 45.0 Å². The molecule has 1 aliphatic rings. The van der Waals surface area contributed by atoms with Crippen LogP contribution in [0, 0.1) is 11.8 Å². The number of hydrogen-bond acceptors (Lipinski definition) is 1. The van der Waals surface area contributed by atoms with Crippen molar-refractivity contribution in [2.75, 3.05) is 0 Å². The van der Waals surface area contributed by atoms with Crippen molar-refractivity contribution in [1.29, 1.82) is 0 Å². The lowest BCUT2D eigenvalue weighted by Gasteiger charge is -2.26. The summed E-state index contributed by atoms with van der Waals surface area (Å²) in [6.07, 6.45) is 3.18. The van der Waals surface area contributed by atoms with Crippen LogP contribution in [0.25, 0.3) is 0 Å². The van der Waals surface area contributed by atoms with Crippen LogP contribution in [0.4, 0.5) is 0 Å². The van der Waals surface area contributed by atoms with Gasteiger partial charge in [0.25, 0.3) is 0 Å². The van der Waals surface area contributed by atoms with Crippen LogP contribution < -0.4 is 0 Å². The first kappa shape index (κ1) is 12.6. The molecular formula is C16H24O. The molecule has 0 radical (unpaired) electrons. The van der Waals surface area contributed by atoms with E-state index in [-0.39, 0.29) is 6.10 Å². The van der Waals surface area contributed by atoms with Crippen LogP contribution in [0.2, 0.25) is 0 Å². The molecule has 3 unspecified atom stereocenters. The van der Waals surface area contributed by atoms with Gasteiger partial charge in [0.1, 0.15) is 0 Å². The number of aliphatic hydroxyl groups is 1. The van der Waals surface area contributed by atoms with Gasteiger partial charge in [0.15, 0.2) is 0 Å². The molecule has 1 heteroatoms. The molecule has 1 N–H and O–H groups in total. The molecule has 0 saturated heterocycles. The maximum absolute atomic E-state index is 10.5. The fourth-order valence-electron chi connectivity index (χ4n) is 3.22. The minimum atomic E-state index is -0.180. The van der Waals surface area contributed by atoms with Crippen molar-refractivity contribution in [2.45, 2.75) is 52.1 Å². The Labute approximate surface area is 105 Å². The second-order valence-electron chi connectivity index (χ2n) is 5.94. The number of hydrogen-bond donors (Lipinski definition) is 1. The first-order chi connectivity index (χ1) is 8.09. The molecule has 0 amide bonds. The maximum Gasteiger partial charge on any atom is 0.0634 e. The molecule has 17 heavy (non-hydrogen) atoms. The number of benzene rings is 1. The number of rotatable bonds is 4. The van der Waals surface area contributed by atoms with Crippen LogP contribution in [0.1, 0.15) is 50.7 Å². The normalized spacial score (nSPS) is 22.5. The zero-order valence-electron chi connectivity index (χ0n) is 11.2. The van der Waals surface area contributed by atoms with E-state index >= 15 is 0 Å². The first-order valence-electron chi connectivity index (χ1n) is 6.85. The number of fused-ring (bicyclic) bond motifs is 1. The Bertz CT molecular complexity index is 370. The lowest BCUT2D eigenvalue weighted by Crippen LogP contribution is -2.25. The highest BCUT2D eigenvalue weighted by molar-refractivity contribution is 5.35. The SMILES string of the molecule is CC(C)CC(C)C(O)C1CCc2ccccc21. The van der Waals surface area contributed by atoms with E-state index in [1.165, 1.54) is 11.1 Å². The molecule has 0 aromatic heterocycles. The summed E-state index contributed by atoms with van der Waals surface area (Å²) in [6.45, 7) is 6.64. The van der Waals surface area contributed by atoms with E-state index in [0.29, 0.717) is 17.8 Å². The van der Waals surface area contributed by atoms with Crippen molar-refractivity contribution in [2.24, 2.45) is 11.8 Å². The minimum absolute atomic E-state index is 0.180. The summed E-state index contributed by atoms with van der Waals surface area (Å²) in [4.78, 5) is 0. The van der Waals surface area contributed by atoms with Gasteiger partial charge >= 0.3 is 0 Å². The highest BCUT2D eigenvalue weighted by Crippen LogP contribution is 2.38. The van der Waals surface area contributed by atoms with E-state index in [2.05, 4.69) is 45.0 Å². The monoisotopic (exact) mass is 232 g/mol. The summed E-state index contributed by atoms with van der Waals surface area (Å²) < 4.78 is 0. The van der Waals surface area contributed by atoms with E-state index in [0.717, 1.165) is 19.3 Å². The summed E-state index contributed by atoms with van der Waals surface area (Å²) in [5, 5.41) is 10.5. The zero-order valence-corrected chi connectivity index (χ0v) is 11.2. The number of aryl methyl sites for hydroxylation is 1. The summed E-state index contributed by atoms with van der Waals surface area (Å²) in [6, 6.07) is 8.59.